The van der Waals surface area contributed by atoms with Crippen molar-refractivity contribution in [1.29, 1.82) is 0 Å². The Bertz CT molecular complexity index is 810. The van der Waals surface area contributed by atoms with Crippen LogP contribution in [0.5, 0.6) is 0 Å². The van der Waals surface area contributed by atoms with Crippen LogP contribution < -0.4 is 20.4 Å². The number of hydrogen-bond acceptors (Lipinski definition) is 4. The van der Waals surface area contributed by atoms with Crippen LogP contribution in [0.15, 0.2) is 53.1 Å². The predicted octanol–water partition coefficient (Wildman–Crippen LogP) is 0.901. The largest absolute Gasteiger partial charge is 0.463 e. The molecule has 1 saturated heterocycles. The van der Waals surface area contributed by atoms with Gasteiger partial charge in [0.1, 0.15) is 0 Å². The third-order valence-electron chi connectivity index (χ3n) is 6.27. The normalized spacial score (nSPS) is 18.9. The van der Waals surface area contributed by atoms with Crippen LogP contribution in [0.1, 0.15) is 37.5 Å². The SMILES string of the molecule is O=C(NC[C@@H](c1ccco1)[NH+]1CCN(c2ccccc2)CC1)C(=O)NC1CCCC1. The molecule has 1 aromatic carbocycles. The summed E-state index contributed by atoms with van der Waals surface area (Å²) in [5, 5.41) is 5.69. The molecule has 160 valence electrons. The van der Waals surface area contributed by atoms with Gasteiger partial charge in [-0.1, -0.05) is 31.0 Å². The number of amides is 2. The van der Waals surface area contributed by atoms with Gasteiger partial charge in [0.05, 0.1) is 39.0 Å². The molecule has 7 heteroatoms. The fraction of sp³-hybridized carbons (Fsp3) is 0.478. The summed E-state index contributed by atoms with van der Waals surface area (Å²) >= 11 is 0. The molecule has 0 unspecified atom stereocenters. The number of benzene rings is 1. The number of hydrogen-bond donors (Lipinski definition) is 3. The Balaban J connectivity index is 1.33. The lowest BCUT2D eigenvalue weighted by Crippen LogP contribution is -3.15. The van der Waals surface area contributed by atoms with Crippen molar-refractivity contribution in [3.63, 3.8) is 0 Å². The molecule has 2 amide bonds. The zero-order chi connectivity index (χ0) is 20.8. The number of carbonyl (C=O) groups is 2. The number of furan rings is 1. The smallest absolute Gasteiger partial charge is 0.309 e. The van der Waals surface area contributed by atoms with Crippen molar-refractivity contribution in [2.75, 3.05) is 37.6 Å². The van der Waals surface area contributed by atoms with Crippen molar-refractivity contribution >= 4 is 17.5 Å². The highest BCUT2D eigenvalue weighted by Gasteiger charge is 2.32. The molecule has 4 rings (SSSR count). The summed E-state index contributed by atoms with van der Waals surface area (Å²) in [4.78, 5) is 28.3. The number of piperazine rings is 1. The predicted molar refractivity (Wildman–Crippen MR) is 114 cm³/mol. The first-order valence-corrected chi connectivity index (χ1v) is 11.0. The summed E-state index contributed by atoms with van der Waals surface area (Å²) in [5.74, 6) is -0.237. The Labute approximate surface area is 177 Å². The van der Waals surface area contributed by atoms with Gasteiger partial charge in [-0.2, -0.15) is 0 Å². The van der Waals surface area contributed by atoms with E-state index in [-0.39, 0.29) is 12.1 Å². The first kappa shape index (κ1) is 20.5. The molecule has 1 saturated carbocycles. The van der Waals surface area contributed by atoms with Gasteiger partial charge in [0.25, 0.3) is 0 Å². The first-order valence-electron chi connectivity index (χ1n) is 11.0. The molecule has 0 radical (unpaired) electrons. The van der Waals surface area contributed by atoms with Crippen molar-refractivity contribution in [3.8, 4) is 0 Å². The number of carbonyl (C=O) groups excluding carboxylic acids is 2. The van der Waals surface area contributed by atoms with Gasteiger partial charge >= 0.3 is 11.8 Å². The Morgan fingerprint density at radius 3 is 2.43 bits per heavy atom. The molecule has 3 N–H and O–H groups in total. The van der Waals surface area contributed by atoms with E-state index in [2.05, 4.69) is 39.8 Å². The second kappa shape index (κ2) is 9.80. The molecule has 1 aliphatic carbocycles. The second-order valence-electron chi connectivity index (χ2n) is 8.21. The van der Waals surface area contributed by atoms with Crippen molar-refractivity contribution in [1.82, 2.24) is 10.6 Å². The monoisotopic (exact) mass is 411 g/mol. The van der Waals surface area contributed by atoms with Crippen LogP contribution in [0.2, 0.25) is 0 Å². The van der Waals surface area contributed by atoms with Gasteiger partial charge in [0.15, 0.2) is 11.8 Å². The van der Waals surface area contributed by atoms with Crippen molar-refractivity contribution in [3.05, 3.63) is 54.5 Å². The number of anilines is 1. The van der Waals surface area contributed by atoms with E-state index in [1.54, 1.807) is 6.26 Å². The second-order valence-corrected chi connectivity index (χ2v) is 8.21. The van der Waals surface area contributed by atoms with E-state index in [1.807, 2.05) is 18.2 Å². The topological polar surface area (TPSA) is 79.0 Å². The number of nitrogens with one attached hydrogen (secondary N) is 3. The molecule has 30 heavy (non-hydrogen) atoms. The third-order valence-corrected chi connectivity index (χ3v) is 6.27. The highest BCUT2D eigenvalue weighted by Crippen LogP contribution is 2.17. The maximum Gasteiger partial charge on any atom is 0.309 e. The van der Waals surface area contributed by atoms with Crippen LogP contribution >= 0.6 is 0 Å². The van der Waals surface area contributed by atoms with Crippen molar-refractivity contribution in [2.45, 2.75) is 37.8 Å². The third kappa shape index (κ3) is 5.02. The minimum Gasteiger partial charge on any atom is -0.463 e. The van der Waals surface area contributed by atoms with Crippen LogP contribution in [-0.2, 0) is 9.59 Å². The van der Waals surface area contributed by atoms with Crippen LogP contribution in [0, 0.1) is 0 Å². The molecule has 2 heterocycles. The summed E-state index contributed by atoms with van der Waals surface area (Å²) in [6.07, 6.45) is 5.82. The summed E-state index contributed by atoms with van der Waals surface area (Å²) in [6, 6.07) is 14.4. The van der Waals surface area contributed by atoms with Gasteiger partial charge in [-0.3, -0.25) is 9.59 Å². The molecule has 0 bridgehead atoms. The molecule has 0 spiro atoms. The molecule has 1 aromatic heterocycles. The van der Waals surface area contributed by atoms with E-state index >= 15 is 0 Å². The molecular weight excluding hydrogens is 380 g/mol. The molecule has 2 fully saturated rings. The zero-order valence-electron chi connectivity index (χ0n) is 17.3. The minimum absolute atomic E-state index is 0.0128. The Morgan fingerprint density at radius 2 is 1.77 bits per heavy atom. The lowest BCUT2D eigenvalue weighted by molar-refractivity contribution is -0.932. The lowest BCUT2D eigenvalue weighted by Gasteiger charge is -2.37. The maximum atomic E-state index is 12.4. The average Bonchev–Trinajstić information content (AvgIpc) is 3.49. The fourth-order valence-electron chi connectivity index (χ4n) is 4.57. The molecule has 2 aromatic rings. The summed E-state index contributed by atoms with van der Waals surface area (Å²) in [7, 11) is 0. The Kier molecular flexibility index (Phi) is 6.69. The average molecular weight is 412 g/mol. The van der Waals surface area contributed by atoms with Gasteiger partial charge in [-0.15, -0.1) is 0 Å². The van der Waals surface area contributed by atoms with Crippen molar-refractivity contribution < 1.29 is 18.9 Å². The summed E-state index contributed by atoms with van der Waals surface area (Å²) in [6.45, 7) is 4.12. The first-order chi connectivity index (χ1) is 14.7. The van der Waals surface area contributed by atoms with E-state index in [0.29, 0.717) is 6.54 Å². The Hall–Kier alpha value is -2.80. The number of rotatable bonds is 6. The van der Waals surface area contributed by atoms with Crippen LogP contribution in [0.25, 0.3) is 0 Å². The van der Waals surface area contributed by atoms with Crippen LogP contribution in [0.3, 0.4) is 0 Å². The highest BCUT2D eigenvalue weighted by atomic mass is 16.3. The van der Waals surface area contributed by atoms with Gasteiger partial charge in [0.2, 0.25) is 0 Å². The van der Waals surface area contributed by atoms with E-state index in [0.717, 1.165) is 57.6 Å². The van der Waals surface area contributed by atoms with Gasteiger partial charge in [-0.05, 0) is 37.1 Å². The van der Waals surface area contributed by atoms with E-state index in [1.165, 1.54) is 10.6 Å². The molecule has 7 nitrogen and oxygen atoms in total. The minimum atomic E-state index is -0.555. The van der Waals surface area contributed by atoms with E-state index < -0.39 is 11.8 Å². The van der Waals surface area contributed by atoms with Crippen molar-refractivity contribution in [2.24, 2.45) is 0 Å². The van der Waals surface area contributed by atoms with E-state index in [4.69, 9.17) is 4.42 Å². The number of nitrogens with zero attached hydrogens (tertiary/aromatic N) is 1. The molecule has 1 aliphatic heterocycles. The fourth-order valence-corrected chi connectivity index (χ4v) is 4.57. The highest BCUT2D eigenvalue weighted by molar-refractivity contribution is 6.35. The number of para-hydroxylation sites is 1. The molecule has 1 atom stereocenters. The van der Waals surface area contributed by atoms with E-state index in [9.17, 15) is 9.59 Å². The lowest BCUT2D eigenvalue weighted by atomic mass is 10.1. The molecular formula is C23H31N4O3+. The maximum absolute atomic E-state index is 12.4. The van der Waals surface area contributed by atoms with Gasteiger partial charge < -0.3 is 24.9 Å². The standard InChI is InChI=1S/C23H30N4O3/c28-22(23(29)25-18-7-4-5-8-18)24-17-20(21-11-6-16-30-21)27-14-12-26(13-15-27)19-9-2-1-3-10-19/h1-3,6,9-11,16,18,20H,4-5,7-8,12-15,17H2,(H,24,28)(H,25,29)/p+1/t20-/m0/s1. The zero-order valence-corrected chi connectivity index (χ0v) is 17.3. The number of quaternary nitrogens is 1. The van der Waals surface area contributed by atoms with Gasteiger partial charge in [0, 0.05) is 11.7 Å². The Morgan fingerprint density at radius 1 is 1.03 bits per heavy atom. The summed E-state index contributed by atoms with van der Waals surface area (Å²) < 4.78 is 5.67. The van der Waals surface area contributed by atoms with Gasteiger partial charge in [-0.25, -0.2) is 0 Å². The van der Waals surface area contributed by atoms with Crippen LogP contribution in [-0.4, -0.2) is 50.6 Å². The van der Waals surface area contributed by atoms with Crippen LogP contribution in [0.4, 0.5) is 5.69 Å². The molecule has 2 aliphatic rings. The summed E-state index contributed by atoms with van der Waals surface area (Å²) in [5.41, 5.74) is 1.24. The quantitative estimate of drug-likeness (QED) is 0.617.